The molecule has 2 atom stereocenters. The summed E-state index contributed by atoms with van der Waals surface area (Å²) in [4.78, 5) is 2.47. The highest BCUT2D eigenvalue weighted by Gasteiger charge is 2.42. The van der Waals surface area contributed by atoms with Gasteiger partial charge in [-0.15, -0.1) is 0 Å². The normalized spacial score (nSPS) is 45.8. The molecule has 0 spiro atoms. The zero-order chi connectivity index (χ0) is 7.90. The van der Waals surface area contributed by atoms with Gasteiger partial charge in [0.15, 0.2) is 0 Å². The molecule has 2 heterocycles. The fraction of sp³-hybridized carbons (Fsp3) is 1.00. The lowest BCUT2D eigenvalue weighted by atomic mass is 9.76. The maximum Gasteiger partial charge on any atom is 0.00477 e. The first-order valence-electron chi connectivity index (χ1n) is 4.60. The maximum atomic E-state index is 3.49. The van der Waals surface area contributed by atoms with E-state index < -0.39 is 0 Å². The van der Waals surface area contributed by atoms with E-state index in [9.17, 15) is 0 Å². The van der Waals surface area contributed by atoms with E-state index in [2.05, 4.69) is 24.2 Å². The molecule has 0 bridgehead atoms. The van der Waals surface area contributed by atoms with Crippen LogP contribution in [0.2, 0.25) is 0 Å². The summed E-state index contributed by atoms with van der Waals surface area (Å²) in [6.07, 6.45) is 1.38. The number of hydrogen-bond donors (Lipinski definition) is 1. The van der Waals surface area contributed by atoms with E-state index in [1.165, 1.54) is 32.6 Å². The Morgan fingerprint density at radius 2 is 2.36 bits per heavy atom. The first-order chi connectivity index (χ1) is 5.21. The molecule has 0 amide bonds. The van der Waals surface area contributed by atoms with Gasteiger partial charge in [-0.25, -0.2) is 0 Å². The molecule has 2 aliphatic rings. The van der Waals surface area contributed by atoms with Crippen molar-refractivity contribution in [2.24, 2.45) is 11.3 Å². The monoisotopic (exact) mass is 154 g/mol. The fourth-order valence-electron chi connectivity index (χ4n) is 2.70. The second-order valence-electron chi connectivity index (χ2n) is 4.51. The number of piperidine rings is 1. The fourth-order valence-corrected chi connectivity index (χ4v) is 2.70. The van der Waals surface area contributed by atoms with E-state index in [-0.39, 0.29) is 0 Å². The Kier molecular flexibility index (Phi) is 1.69. The highest BCUT2D eigenvalue weighted by molar-refractivity contribution is 4.96. The van der Waals surface area contributed by atoms with Crippen LogP contribution in [-0.4, -0.2) is 38.1 Å². The van der Waals surface area contributed by atoms with Crippen molar-refractivity contribution in [1.82, 2.24) is 10.2 Å². The van der Waals surface area contributed by atoms with Gasteiger partial charge < -0.3 is 10.2 Å². The average molecular weight is 154 g/mol. The number of nitrogens with one attached hydrogen (secondary N) is 1. The summed E-state index contributed by atoms with van der Waals surface area (Å²) in [5.74, 6) is 0.953. The Bertz CT molecular complexity index is 158. The van der Waals surface area contributed by atoms with E-state index in [1.54, 1.807) is 0 Å². The van der Waals surface area contributed by atoms with Gasteiger partial charge in [0.2, 0.25) is 0 Å². The molecule has 1 N–H and O–H groups in total. The zero-order valence-corrected chi connectivity index (χ0v) is 7.56. The second kappa shape index (κ2) is 2.46. The van der Waals surface area contributed by atoms with Crippen molar-refractivity contribution < 1.29 is 0 Å². The third kappa shape index (κ3) is 1.18. The van der Waals surface area contributed by atoms with Gasteiger partial charge in [0, 0.05) is 19.6 Å². The lowest BCUT2D eigenvalue weighted by Gasteiger charge is -2.35. The van der Waals surface area contributed by atoms with E-state index in [4.69, 9.17) is 0 Å². The van der Waals surface area contributed by atoms with Crippen molar-refractivity contribution in [1.29, 1.82) is 0 Å². The van der Waals surface area contributed by atoms with Crippen LogP contribution < -0.4 is 5.32 Å². The van der Waals surface area contributed by atoms with Crippen LogP contribution in [0.3, 0.4) is 0 Å². The van der Waals surface area contributed by atoms with Crippen LogP contribution in [0.15, 0.2) is 0 Å². The number of fused-ring (bicyclic) bond motifs is 1. The summed E-state index contributed by atoms with van der Waals surface area (Å²) in [6, 6.07) is 0. The van der Waals surface area contributed by atoms with Gasteiger partial charge in [-0.3, -0.25) is 0 Å². The van der Waals surface area contributed by atoms with Gasteiger partial charge in [-0.1, -0.05) is 6.92 Å². The first kappa shape index (κ1) is 7.56. The van der Waals surface area contributed by atoms with Crippen LogP contribution in [0.1, 0.15) is 13.3 Å². The van der Waals surface area contributed by atoms with Crippen molar-refractivity contribution in [2.45, 2.75) is 13.3 Å². The van der Waals surface area contributed by atoms with E-state index in [1.807, 2.05) is 0 Å². The highest BCUT2D eigenvalue weighted by atomic mass is 15.2. The zero-order valence-electron chi connectivity index (χ0n) is 7.56. The van der Waals surface area contributed by atoms with Crippen LogP contribution in [0, 0.1) is 11.3 Å². The lowest BCUT2D eigenvalue weighted by molar-refractivity contribution is 0.191. The van der Waals surface area contributed by atoms with Crippen molar-refractivity contribution in [3.05, 3.63) is 0 Å². The minimum Gasteiger partial charge on any atom is -0.316 e. The van der Waals surface area contributed by atoms with Crippen LogP contribution in [-0.2, 0) is 0 Å². The van der Waals surface area contributed by atoms with Crippen molar-refractivity contribution in [3.8, 4) is 0 Å². The lowest BCUT2D eigenvalue weighted by Crippen LogP contribution is -2.44. The minimum atomic E-state index is 0.576. The number of hydrogen-bond acceptors (Lipinski definition) is 2. The Balaban J connectivity index is 2.11. The van der Waals surface area contributed by atoms with Crippen molar-refractivity contribution in [3.63, 3.8) is 0 Å². The molecule has 0 radical (unpaired) electrons. The molecular weight excluding hydrogens is 136 g/mol. The SMILES string of the molecule is CN1CC2CCNC[C@@]2(C)C1. The van der Waals surface area contributed by atoms with Gasteiger partial charge in [0.05, 0.1) is 0 Å². The topological polar surface area (TPSA) is 15.3 Å². The summed E-state index contributed by atoms with van der Waals surface area (Å²) >= 11 is 0. The molecule has 2 saturated heterocycles. The summed E-state index contributed by atoms with van der Waals surface area (Å²) in [6.45, 7) is 7.48. The quantitative estimate of drug-likeness (QED) is 0.548. The predicted molar refractivity (Wildman–Crippen MR) is 46.6 cm³/mol. The Hall–Kier alpha value is -0.0800. The molecule has 0 aromatic heterocycles. The molecule has 0 aliphatic carbocycles. The highest BCUT2D eigenvalue weighted by Crippen LogP contribution is 2.38. The Morgan fingerprint density at radius 3 is 3.09 bits per heavy atom. The van der Waals surface area contributed by atoms with E-state index in [0.29, 0.717) is 5.41 Å². The smallest absolute Gasteiger partial charge is 0.00477 e. The molecule has 0 aromatic rings. The van der Waals surface area contributed by atoms with Gasteiger partial charge >= 0.3 is 0 Å². The second-order valence-corrected chi connectivity index (χ2v) is 4.51. The van der Waals surface area contributed by atoms with Gasteiger partial charge in [-0.05, 0) is 31.3 Å². The molecule has 2 fully saturated rings. The average Bonchev–Trinajstić information content (AvgIpc) is 2.22. The third-order valence-corrected chi connectivity index (χ3v) is 3.35. The first-order valence-corrected chi connectivity index (χ1v) is 4.60. The summed E-state index contributed by atoms with van der Waals surface area (Å²) in [7, 11) is 2.24. The third-order valence-electron chi connectivity index (χ3n) is 3.35. The maximum absolute atomic E-state index is 3.49. The molecule has 1 unspecified atom stereocenters. The molecular formula is C9H18N2. The molecule has 2 rings (SSSR count). The molecule has 0 saturated carbocycles. The molecule has 2 nitrogen and oxygen atoms in total. The number of rotatable bonds is 0. The number of nitrogens with zero attached hydrogens (tertiary/aromatic N) is 1. The van der Waals surface area contributed by atoms with Crippen molar-refractivity contribution >= 4 is 0 Å². The summed E-state index contributed by atoms with van der Waals surface area (Å²) in [5, 5.41) is 3.49. The molecule has 2 heteroatoms. The number of likely N-dealkylation sites (tertiary alicyclic amines) is 1. The van der Waals surface area contributed by atoms with Gasteiger partial charge in [0.1, 0.15) is 0 Å². The van der Waals surface area contributed by atoms with Crippen LogP contribution in [0.25, 0.3) is 0 Å². The van der Waals surface area contributed by atoms with Crippen LogP contribution in [0.5, 0.6) is 0 Å². The Morgan fingerprint density at radius 1 is 1.55 bits per heavy atom. The van der Waals surface area contributed by atoms with Crippen LogP contribution in [0.4, 0.5) is 0 Å². The molecule has 64 valence electrons. The molecule has 2 aliphatic heterocycles. The summed E-state index contributed by atoms with van der Waals surface area (Å²) in [5.41, 5.74) is 0.576. The largest absolute Gasteiger partial charge is 0.316 e. The van der Waals surface area contributed by atoms with Crippen molar-refractivity contribution in [2.75, 3.05) is 33.2 Å². The Labute approximate surface area is 69.0 Å². The van der Waals surface area contributed by atoms with E-state index >= 15 is 0 Å². The predicted octanol–water partition coefficient (Wildman–Crippen LogP) is 0.548. The van der Waals surface area contributed by atoms with Gasteiger partial charge in [-0.2, -0.15) is 0 Å². The minimum absolute atomic E-state index is 0.576. The van der Waals surface area contributed by atoms with E-state index in [0.717, 1.165) is 5.92 Å². The van der Waals surface area contributed by atoms with Crippen LogP contribution >= 0.6 is 0 Å². The molecule has 0 aromatic carbocycles. The molecule has 11 heavy (non-hydrogen) atoms. The summed E-state index contributed by atoms with van der Waals surface area (Å²) < 4.78 is 0. The van der Waals surface area contributed by atoms with Gasteiger partial charge in [0.25, 0.3) is 0 Å². The standard InChI is InChI=1S/C9H18N2/c1-9-6-10-4-3-8(9)5-11(2)7-9/h8,10H,3-7H2,1-2H3/t8?,9-/m0/s1.